The second-order valence-corrected chi connectivity index (χ2v) is 4.30. The molecule has 8 nitrogen and oxygen atoms in total. The number of esters is 2. The number of anilines is 2. The molecule has 0 saturated heterocycles. The number of nitrogens with zero attached hydrogens (tertiary/aromatic N) is 3. The summed E-state index contributed by atoms with van der Waals surface area (Å²) >= 11 is 0. The van der Waals surface area contributed by atoms with Crippen LogP contribution >= 0.6 is 0 Å². The standard InChI is InChI=1S/C15H16N4O4/c1-3-22-14(20)10-7-8-16-13(9-10)17-12-6-5-11(18-19-12)15(21)23-4-2/h5-9H,3-4H2,1-2H3,(H,16,17,19). The van der Waals surface area contributed by atoms with Crippen LogP contribution in [0.5, 0.6) is 0 Å². The van der Waals surface area contributed by atoms with E-state index in [1.165, 1.54) is 12.3 Å². The Balaban J connectivity index is 2.09. The first-order valence-corrected chi connectivity index (χ1v) is 7.05. The molecule has 0 amide bonds. The predicted molar refractivity (Wildman–Crippen MR) is 81.5 cm³/mol. The van der Waals surface area contributed by atoms with Gasteiger partial charge in [-0.25, -0.2) is 14.6 Å². The molecule has 120 valence electrons. The smallest absolute Gasteiger partial charge is 0.358 e. The Morgan fingerprint density at radius 2 is 1.74 bits per heavy atom. The Labute approximate surface area is 132 Å². The van der Waals surface area contributed by atoms with Crippen molar-refractivity contribution >= 4 is 23.6 Å². The minimum Gasteiger partial charge on any atom is -0.462 e. The van der Waals surface area contributed by atoms with Crippen molar-refractivity contribution in [1.82, 2.24) is 15.2 Å². The molecule has 0 fully saturated rings. The van der Waals surface area contributed by atoms with E-state index in [9.17, 15) is 9.59 Å². The van der Waals surface area contributed by atoms with E-state index in [2.05, 4.69) is 20.5 Å². The van der Waals surface area contributed by atoms with E-state index in [0.717, 1.165) is 0 Å². The SMILES string of the molecule is CCOC(=O)c1ccnc(Nc2ccc(C(=O)OCC)nn2)c1. The van der Waals surface area contributed by atoms with E-state index in [4.69, 9.17) is 9.47 Å². The minimum atomic E-state index is -0.533. The highest BCUT2D eigenvalue weighted by atomic mass is 16.5. The number of ether oxygens (including phenoxy) is 2. The van der Waals surface area contributed by atoms with Crippen molar-refractivity contribution in [3.05, 3.63) is 41.7 Å². The molecule has 2 aromatic heterocycles. The number of pyridine rings is 1. The van der Waals surface area contributed by atoms with Gasteiger partial charge in [0.25, 0.3) is 0 Å². The molecule has 0 unspecified atom stereocenters. The average molecular weight is 316 g/mol. The lowest BCUT2D eigenvalue weighted by Gasteiger charge is -2.06. The Hall–Kier alpha value is -3.03. The minimum absolute atomic E-state index is 0.116. The van der Waals surface area contributed by atoms with Gasteiger partial charge in [-0.05, 0) is 38.1 Å². The van der Waals surface area contributed by atoms with E-state index >= 15 is 0 Å². The summed E-state index contributed by atoms with van der Waals surface area (Å²) in [5.74, 6) is -0.170. The molecule has 0 bridgehead atoms. The van der Waals surface area contributed by atoms with E-state index in [-0.39, 0.29) is 12.3 Å². The molecule has 2 aromatic rings. The number of hydrogen-bond donors (Lipinski definition) is 1. The van der Waals surface area contributed by atoms with Crippen LogP contribution in [0.25, 0.3) is 0 Å². The maximum atomic E-state index is 11.7. The summed E-state index contributed by atoms with van der Waals surface area (Å²) in [5, 5.41) is 10.5. The quantitative estimate of drug-likeness (QED) is 0.807. The van der Waals surface area contributed by atoms with Crippen molar-refractivity contribution in [2.45, 2.75) is 13.8 Å². The molecule has 0 atom stereocenters. The molecule has 1 N–H and O–H groups in total. The van der Waals surface area contributed by atoms with Crippen LogP contribution in [0.15, 0.2) is 30.5 Å². The van der Waals surface area contributed by atoms with Crippen LogP contribution in [0.2, 0.25) is 0 Å². The highest BCUT2D eigenvalue weighted by Crippen LogP contribution is 2.13. The topological polar surface area (TPSA) is 103 Å². The largest absolute Gasteiger partial charge is 0.462 e. The summed E-state index contributed by atoms with van der Waals surface area (Å²) in [6.45, 7) is 4.01. The number of nitrogens with one attached hydrogen (secondary N) is 1. The molecule has 2 rings (SSSR count). The van der Waals surface area contributed by atoms with Gasteiger partial charge in [-0.3, -0.25) is 0 Å². The monoisotopic (exact) mass is 316 g/mol. The van der Waals surface area contributed by atoms with Crippen molar-refractivity contribution in [1.29, 1.82) is 0 Å². The molecular formula is C15H16N4O4. The Kier molecular flexibility index (Phi) is 5.56. The van der Waals surface area contributed by atoms with Gasteiger partial charge in [-0.2, -0.15) is 0 Å². The molecule has 0 aliphatic rings. The summed E-state index contributed by atoms with van der Waals surface area (Å²) < 4.78 is 9.75. The molecule has 0 aliphatic heterocycles. The number of aromatic nitrogens is 3. The maximum absolute atomic E-state index is 11.7. The Morgan fingerprint density at radius 3 is 2.39 bits per heavy atom. The summed E-state index contributed by atoms with van der Waals surface area (Å²) in [4.78, 5) is 27.2. The Morgan fingerprint density at radius 1 is 1.00 bits per heavy atom. The molecule has 23 heavy (non-hydrogen) atoms. The lowest BCUT2D eigenvalue weighted by molar-refractivity contribution is 0.0512. The molecule has 2 heterocycles. The molecular weight excluding hydrogens is 300 g/mol. The van der Waals surface area contributed by atoms with Gasteiger partial charge < -0.3 is 14.8 Å². The van der Waals surface area contributed by atoms with Crippen LogP contribution < -0.4 is 5.32 Å². The van der Waals surface area contributed by atoms with Crippen molar-refractivity contribution in [2.24, 2.45) is 0 Å². The van der Waals surface area contributed by atoms with Crippen LogP contribution in [0.3, 0.4) is 0 Å². The molecule has 0 saturated carbocycles. The van der Waals surface area contributed by atoms with Gasteiger partial charge in [0.05, 0.1) is 18.8 Å². The van der Waals surface area contributed by atoms with Gasteiger partial charge in [-0.1, -0.05) is 0 Å². The first kappa shape index (κ1) is 16.3. The first-order valence-electron chi connectivity index (χ1n) is 7.05. The molecule has 0 aliphatic carbocycles. The Bertz CT molecular complexity index is 688. The summed E-state index contributed by atoms with van der Waals surface area (Å²) in [6, 6.07) is 6.15. The van der Waals surface area contributed by atoms with E-state index in [0.29, 0.717) is 23.8 Å². The fourth-order valence-electron chi connectivity index (χ4n) is 1.68. The van der Waals surface area contributed by atoms with Gasteiger partial charge in [0, 0.05) is 6.20 Å². The highest BCUT2D eigenvalue weighted by Gasteiger charge is 2.10. The van der Waals surface area contributed by atoms with Gasteiger partial charge in [-0.15, -0.1) is 10.2 Å². The van der Waals surface area contributed by atoms with Crippen LogP contribution in [0, 0.1) is 0 Å². The van der Waals surface area contributed by atoms with Crippen LogP contribution in [-0.2, 0) is 9.47 Å². The fourth-order valence-corrected chi connectivity index (χ4v) is 1.68. The molecule has 0 radical (unpaired) electrons. The zero-order valence-corrected chi connectivity index (χ0v) is 12.8. The third-order valence-corrected chi connectivity index (χ3v) is 2.68. The average Bonchev–Trinajstić information content (AvgIpc) is 2.56. The van der Waals surface area contributed by atoms with Gasteiger partial charge in [0.2, 0.25) is 0 Å². The predicted octanol–water partition coefficient (Wildman–Crippen LogP) is 1.97. The number of rotatable bonds is 6. The molecule has 8 heteroatoms. The van der Waals surface area contributed by atoms with Crippen LogP contribution in [0.1, 0.15) is 34.7 Å². The zero-order chi connectivity index (χ0) is 16.7. The van der Waals surface area contributed by atoms with Crippen molar-refractivity contribution in [3.8, 4) is 0 Å². The summed E-state index contributed by atoms with van der Waals surface area (Å²) in [7, 11) is 0. The maximum Gasteiger partial charge on any atom is 0.358 e. The molecule has 0 aromatic carbocycles. The third kappa shape index (κ3) is 4.47. The van der Waals surface area contributed by atoms with Gasteiger partial charge in [0.1, 0.15) is 5.82 Å². The lowest BCUT2D eigenvalue weighted by Crippen LogP contribution is -2.09. The number of carbonyl (C=O) groups is 2. The molecule has 0 spiro atoms. The van der Waals surface area contributed by atoms with E-state index in [1.54, 1.807) is 32.0 Å². The van der Waals surface area contributed by atoms with Gasteiger partial charge in [0.15, 0.2) is 11.5 Å². The third-order valence-electron chi connectivity index (χ3n) is 2.68. The van der Waals surface area contributed by atoms with Crippen LogP contribution in [-0.4, -0.2) is 40.3 Å². The van der Waals surface area contributed by atoms with Gasteiger partial charge >= 0.3 is 11.9 Å². The first-order chi connectivity index (χ1) is 11.1. The second-order valence-electron chi connectivity index (χ2n) is 4.30. The number of carbonyl (C=O) groups excluding carboxylic acids is 2. The highest BCUT2D eigenvalue weighted by molar-refractivity contribution is 5.90. The van der Waals surface area contributed by atoms with Crippen molar-refractivity contribution in [3.63, 3.8) is 0 Å². The fraction of sp³-hybridized carbons (Fsp3) is 0.267. The zero-order valence-electron chi connectivity index (χ0n) is 12.8. The lowest BCUT2D eigenvalue weighted by atomic mass is 10.2. The van der Waals surface area contributed by atoms with Crippen LogP contribution in [0.4, 0.5) is 11.6 Å². The van der Waals surface area contributed by atoms with Crippen molar-refractivity contribution < 1.29 is 19.1 Å². The van der Waals surface area contributed by atoms with E-state index < -0.39 is 11.9 Å². The number of hydrogen-bond acceptors (Lipinski definition) is 8. The summed E-state index contributed by atoms with van der Waals surface area (Å²) in [6.07, 6.45) is 1.48. The second kappa shape index (κ2) is 7.83. The normalized spacial score (nSPS) is 10.0. The summed E-state index contributed by atoms with van der Waals surface area (Å²) in [5.41, 5.74) is 0.492. The van der Waals surface area contributed by atoms with Crippen molar-refractivity contribution in [2.75, 3.05) is 18.5 Å². The van der Waals surface area contributed by atoms with E-state index in [1.807, 2.05) is 0 Å².